The smallest absolute Gasteiger partial charge is 0.347 e. The van der Waals surface area contributed by atoms with Crippen molar-refractivity contribution in [1.29, 1.82) is 5.26 Å². The van der Waals surface area contributed by atoms with E-state index < -0.39 is 24.1 Å². The van der Waals surface area contributed by atoms with Crippen LogP contribution < -0.4 is 10.1 Å². The van der Waals surface area contributed by atoms with Gasteiger partial charge in [0.2, 0.25) is 0 Å². The number of ether oxygens (including phenoxy) is 2. The number of anilines is 1. The van der Waals surface area contributed by atoms with Gasteiger partial charge in [-0.2, -0.15) is 5.26 Å². The van der Waals surface area contributed by atoms with Gasteiger partial charge in [-0.1, -0.05) is 11.6 Å². The summed E-state index contributed by atoms with van der Waals surface area (Å²) in [4.78, 5) is 24.2. The zero-order valence-corrected chi connectivity index (χ0v) is 15.0. The Hall–Kier alpha value is -3.04. The summed E-state index contributed by atoms with van der Waals surface area (Å²) in [6.45, 7) is 2.99. The van der Waals surface area contributed by atoms with Gasteiger partial charge in [-0.15, -0.1) is 0 Å². The van der Waals surface area contributed by atoms with Crippen LogP contribution in [-0.4, -0.2) is 24.1 Å². The van der Waals surface area contributed by atoms with Crippen LogP contribution >= 0.6 is 11.6 Å². The highest BCUT2D eigenvalue weighted by molar-refractivity contribution is 6.30. The van der Waals surface area contributed by atoms with Crippen LogP contribution in [0.5, 0.6) is 5.75 Å². The molecule has 0 fully saturated rings. The molecule has 2 aromatic rings. The topological polar surface area (TPSA) is 88.4 Å². The van der Waals surface area contributed by atoms with Crippen LogP contribution in [0, 0.1) is 11.3 Å². The summed E-state index contributed by atoms with van der Waals surface area (Å²) in [6.07, 6.45) is -1.89. The van der Waals surface area contributed by atoms with Crippen molar-refractivity contribution < 1.29 is 19.1 Å². The molecule has 0 saturated heterocycles. The predicted molar refractivity (Wildman–Crippen MR) is 96.9 cm³/mol. The van der Waals surface area contributed by atoms with Gasteiger partial charge in [-0.25, -0.2) is 4.79 Å². The number of benzene rings is 2. The van der Waals surface area contributed by atoms with E-state index in [2.05, 4.69) is 5.32 Å². The molecule has 0 aliphatic carbocycles. The van der Waals surface area contributed by atoms with Crippen LogP contribution in [0.3, 0.4) is 0 Å². The van der Waals surface area contributed by atoms with Crippen molar-refractivity contribution in [3.63, 3.8) is 0 Å². The first-order valence-corrected chi connectivity index (χ1v) is 8.20. The van der Waals surface area contributed by atoms with Crippen LogP contribution in [0.4, 0.5) is 5.69 Å². The summed E-state index contributed by atoms with van der Waals surface area (Å²) in [6, 6.07) is 14.9. The Bertz CT molecular complexity index is 813. The second kappa shape index (κ2) is 8.88. The fraction of sp³-hybridized carbons (Fsp3) is 0.211. The maximum Gasteiger partial charge on any atom is 0.347 e. The first kappa shape index (κ1) is 19.3. The normalized spacial score (nSPS) is 12.4. The van der Waals surface area contributed by atoms with Gasteiger partial charge < -0.3 is 14.8 Å². The molecule has 0 unspecified atom stereocenters. The average molecular weight is 373 g/mol. The van der Waals surface area contributed by atoms with Gasteiger partial charge in [-0.3, -0.25) is 4.79 Å². The molecule has 26 heavy (non-hydrogen) atoms. The molecule has 7 heteroatoms. The zero-order chi connectivity index (χ0) is 19.1. The van der Waals surface area contributed by atoms with E-state index in [-0.39, 0.29) is 0 Å². The van der Waals surface area contributed by atoms with E-state index in [1.54, 1.807) is 48.5 Å². The van der Waals surface area contributed by atoms with E-state index in [4.69, 9.17) is 26.3 Å². The summed E-state index contributed by atoms with van der Waals surface area (Å²) in [5, 5.41) is 11.9. The molecule has 0 radical (unpaired) electrons. The molecule has 1 amide bonds. The quantitative estimate of drug-likeness (QED) is 0.783. The minimum Gasteiger partial charge on any atom is -0.479 e. The minimum atomic E-state index is -1.01. The van der Waals surface area contributed by atoms with Gasteiger partial charge in [0.15, 0.2) is 12.2 Å². The first-order valence-electron chi connectivity index (χ1n) is 7.83. The van der Waals surface area contributed by atoms with Crippen molar-refractivity contribution in [1.82, 2.24) is 0 Å². The number of rotatable bonds is 6. The molecule has 0 spiro atoms. The van der Waals surface area contributed by atoms with Gasteiger partial charge >= 0.3 is 5.97 Å². The van der Waals surface area contributed by atoms with Crippen molar-refractivity contribution in [2.24, 2.45) is 0 Å². The molecule has 0 heterocycles. The average Bonchev–Trinajstić information content (AvgIpc) is 2.64. The molecule has 0 aromatic heterocycles. The number of carbonyl (C=O) groups is 2. The largest absolute Gasteiger partial charge is 0.479 e. The maximum absolute atomic E-state index is 12.1. The first-order chi connectivity index (χ1) is 12.4. The molecule has 2 aromatic carbocycles. The van der Waals surface area contributed by atoms with Gasteiger partial charge in [0.25, 0.3) is 5.91 Å². The molecule has 0 saturated carbocycles. The number of carbonyl (C=O) groups excluding carboxylic acids is 2. The van der Waals surface area contributed by atoms with Gasteiger partial charge in [0, 0.05) is 10.7 Å². The molecule has 2 rings (SSSR count). The Morgan fingerprint density at radius 1 is 1.04 bits per heavy atom. The number of nitriles is 1. The third-order valence-corrected chi connectivity index (χ3v) is 3.65. The minimum absolute atomic E-state index is 0.466. The molecule has 0 aliphatic rings. The van der Waals surface area contributed by atoms with Crippen molar-refractivity contribution in [3.05, 3.63) is 59.1 Å². The van der Waals surface area contributed by atoms with E-state index in [1.165, 1.54) is 13.8 Å². The van der Waals surface area contributed by atoms with Crippen LogP contribution in [-0.2, 0) is 14.3 Å². The number of amides is 1. The number of hydrogen-bond acceptors (Lipinski definition) is 5. The monoisotopic (exact) mass is 372 g/mol. The van der Waals surface area contributed by atoms with Crippen LogP contribution in [0.1, 0.15) is 19.4 Å². The van der Waals surface area contributed by atoms with E-state index in [0.29, 0.717) is 22.0 Å². The zero-order valence-electron chi connectivity index (χ0n) is 14.2. The Morgan fingerprint density at radius 3 is 2.23 bits per heavy atom. The van der Waals surface area contributed by atoms with E-state index >= 15 is 0 Å². The van der Waals surface area contributed by atoms with Crippen molar-refractivity contribution >= 4 is 29.2 Å². The summed E-state index contributed by atoms with van der Waals surface area (Å²) in [5.74, 6) is -0.683. The van der Waals surface area contributed by atoms with Crippen LogP contribution in [0.25, 0.3) is 0 Å². The summed E-state index contributed by atoms with van der Waals surface area (Å²) >= 11 is 5.79. The van der Waals surface area contributed by atoms with Gasteiger partial charge in [0.1, 0.15) is 5.75 Å². The Morgan fingerprint density at radius 2 is 1.65 bits per heavy atom. The van der Waals surface area contributed by atoms with Crippen LogP contribution in [0.15, 0.2) is 48.5 Å². The lowest BCUT2D eigenvalue weighted by Gasteiger charge is -2.18. The summed E-state index contributed by atoms with van der Waals surface area (Å²) in [5.41, 5.74) is 0.984. The summed E-state index contributed by atoms with van der Waals surface area (Å²) in [7, 11) is 0. The Labute approximate surface area is 156 Å². The van der Waals surface area contributed by atoms with Crippen LogP contribution in [0.2, 0.25) is 5.02 Å². The maximum atomic E-state index is 12.1. The highest BCUT2D eigenvalue weighted by atomic mass is 35.5. The third kappa shape index (κ3) is 5.50. The van der Waals surface area contributed by atoms with Gasteiger partial charge in [0.05, 0.1) is 11.6 Å². The molecular weight excluding hydrogens is 356 g/mol. The molecular formula is C19H17ClN2O4. The third-order valence-electron chi connectivity index (χ3n) is 3.40. The Kier molecular flexibility index (Phi) is 6.59. The molecule has 0 bridgehead atoms. The Balaban J connectivity index is 1.87. The lowest BCUT2D eigenvalue weighted by atomic mass is 10.2. The fourth-order valence-corrected chi connectivity index (χ4v) is 2.09. The molecule has 0 aliphatic heterocycles. The number of nitrogens with zero attached hydrogens (tertiary/aromatic N) is 1. The second-order valence-corrected chi connectivity index (χ2v) is 5.91. The summed E-state index contributed by atoms with van der Waals surface area (Å²) < 4.78 is 10.6. The molecule has 134 valence electrons. The SMILES string of the molecule is C[C@H](Oc1ccc(Cl)cc1)C(=O)O[C@H](C)C(=O)Nc1ccc(C#N)cc1. The molecule has 1 N–H and O–H groups in total. The predicted octanol–water partition coefficient (Wildman–Crippen LogP) is 3.55. The fourth-order valence-electron chi connectivity index (χ4n) is 1.96. The highest BCUT2D eigenvalue weighted by Crippen LogP contribution is 2.17. The molecule has 2 atom stereocenters. The van der Waals surface area contributed by atoms with Gasteiger partial charge in [-0.05, 0) is 62.4 Å². The standard InChI is InChI=1S/C19H17ClN2O4/c1-12(18(23)22-16-7-3-14(11-21)4-8-16)26-19(24)13(2)25-17-9-5-15(20)6-10-17/h3-10,12-13H,1-2H3,(H,22,23)/t12-,13+/m1/s1. The molecule has 6 nitrogen and oxygen atoms in total. The van der Waals surface area contributed by atoms with Crippen molar-refractivity contribution in [3.8, 4) is 11.8 Å². The van der Waals surface area contributed by atoms with E-state index in [1.807, 2.05) is 6.07 Å². The number of hydrogen-bond donors (Lipinski definition) is 1. The van der Waals surface area contributed by atoms with Crippen molar-refractivity contribution in [2.45, 2.75) is 26.1 Å². The number of nitrogens with one attached hydrogen (secondary N) is 1. The van der Waals surface area contributed by atoms with E-state index in [9.17, 15) is 9.59 Å². The number of esters is 1. The second-order valence-electron chi connectivity index (χ2n) is 5.47. The lowest BCUT2D eigenvalue weighted by Crippen LogP contribution is -2.35. The lowest BCUT2D eigenvalue weighted by molar-refractivity contribution is -0.159. The van der Waals surface area contributed by atoms with E-state index in [0.717, 1.165) is 0 Å². The van der Waals surface area contributed by atoms with Crippen molar-refractivity contribution in [2.75, 3.05) is 5.32 Å². The number of halogens is 1. The highest BCUT2D eigenvalue weighted by Gasteiger charge is 2.23.